The number of anilines is 1. The summed E-state index contributed by atoms with van der Waals surface area (Å²) >= 11 is 1.51. The Bertz CT molecular complexity index is 1540. The molecule has 3 aromatic rings. The van der Waals surface area contributed by atoms with Gasteiger partial charge >= 0.3 is 0 Å². The molecule has 0 radical (unpaired) electrons. The molecule has 3 aromatic carbocycles. The summed E-state index contributed by atoms with van der Waals surface area (Å²) in [4.78, 5) is 30.7. The summed E-state index contributed by atoms with van der Waals surface area (Å²) in [5, 5.41) is 3.19. The minimum absolute atomic E-state index is 0.0618. The Kier molecular flexibility index (Phi) is 12.4. The zero-order valence-corrected chi connectivity index (χ0v) is 28.3. The fraction of sp³-hybridized carbons (Fsp3) is 0.429. The van der Waals surface area contributed by atoms with Crippen molar-refractivity contribution in [3.8, 4) is 5.75 Å². The van der Waals surface area contributed by atoms with Crippen LogP contribution in [-0.4, -0.2) is 56.6 Å². The van der Waals surface area contributed by atoms with Crippen molar-refractivity contribution in [2.75, 3.05) is 23.7 Å². The van der Waals surface area contributed by atoms with E-state index in [0.717, 1.165) is 52.4 Å². The summed E-state index contributed by atoms with van der Waals surface area (Å²) in [6.07, 6.45) is 7.44. The molecular weight excluding hydrogens is 607 g/mol. The van der Waals surface area contributed by atoms with Crippen molar-refractivity contribution in [3.05, 3.63) is 83.9 Å². The number of benzene rings is 3. The maximum atomic E-state index is 14.5. The lowest BCUT2D eigenvalue weighted by Gasteiger charge is -2.34. The van der Waals surface area contributed by atoms with Gasteiger partial charge in [0.1, 0.15) is 18.3 Å². The number of amides is 2. The molecule has 4 rings (SSSR count). The van der Waals surface area contributed by atoms with Crippen molar-refractivity contribution in [2.45, 2.75) is 87.7 Å². The van der Waals surface area contributed by atoms with Crippen LogP contribution in [-0.2, 0) is 26.2 Å². The van der Waals surface area contributed by atoms with Crippen molar-refractivity contribution < 1.29 is 22.7 Å². The molecule has 8 nitrogen and oxygen atoms in total. The Balaban J connectivity index is 1.75. The predicted octanol–water partition coefficient (Wildman–Crippen LogP) is 6.57. The molecule has 0 bridgehead atoms. The summed E-state index contributed by atoms with van der Waals surface area (Å²) in [5.74, 6) is -0.329. The fourth-order valence-corrected chi connectivity index (χ4v) is 7.63. The van der Waals surface area contributed by atoms with E-state index in [0.29, 0.717) is 18.8 Å². The van der Waals surface area contributed by atoms with Crippen molar-refractivity contribution >= 4 is 39.3 Å². The highest BCUT2D eigenvalue weighted by Gasteiger charge is 2.35. The van der Waals surface area contributed by atoms with Gasteiger partial charge in [0.2, 0.25) is 11.8 Å². The number of sulfonamides is 1. The van der Waals surface area contributed by atoms with Crippen LogP contribution in [0.4, 0.5) is 5.69 Å². The molecule has 0 aliphatic heterocycles. The fourth-order valence-electron chi connectivity index (χ4n) is 5.80. The van der Waals surface area contributed by atoms with E-state index in [4.69, 9.17) is 4.74 Å². The zero-order valence-electron chi connectivity index (χ0n) is 26.7. The summed E-state index contributed by atoms with van der Waals surface area (Å²) in [6.45, 7) is 5.66. The van der Waals surface area contributed by atoms with Gasteiger partial charge in [-0.05, 0) is 81.3 Å². The van der Waals surface area contributed by atoms with Crippen LogP contribution in [0.3, 0.4) is 0 Å². The first kappa shape index (κ1) is 34.4. The van der Waals surface area contributed by atoms with Crippen molar-refractivity contribution in [2.24, 2.45) is 0 Å². The van der Waals surface area contributed by atoms with E-state index in [1.165, 1.54) is 16.7 Å². The average Bonchev–Trinajstić information content (AvgIpc) is 3.04. The lowest BCUT2D eigenvalue weighted by atomic mass is 9.95. The van der Waals surface area contributed by atoms with Gasteiger partial charge in [-0.15, -0.1) is 11.8 Å². The molecule has 0 heterocycles. The van der Waals surface area contributed by atoms with Gasteiger partial charge in [-0.3, -0.25) is 13.9 Å². The van der Waals surface area contributed by atoms with Crippen LogP contribution in [0.1, 0.15) is 63.5 Å². The minimum Gasteiger partial charge on any atom is -0.492 e. The van der Waals surface area contributed by atoms with Crippen LogP contribution in [0.15, 0.2) is 82.6 Å². The SMILES string of the molecule is CCOc1ccccc1N(CC(=O)N(Cc1cccc(C)c1)[C@H](CC)C(=O)NC1CCCCC1)S(=O)(=O)c1ccc(SC)cc1. The van der Waals surface area contributed by atoms with Gasteiger partial charge in [0.25, 0.3) is 10.0 Å². The normalized spacial score (nSPS) is 14.4. The Morgan fingerprint density at radius 1 is 0.978 bits per heavy atom. The lowest BCUT2D eigenvalue weighted by molar-refractivity contribution is -0.140. The second-order valence-electron chi connectivity index (χ2n) is 11.4. The predicted molar refractivity (Wildman–Crippen MR) is 181 cm³/mol. The molecule has 0 unspecified atom stereocenters. The quantitative estimate of drug-likeness (QED) is 0.198. The third kappa shape index (κ3) is 8.82. The van der Waals surface area contributed by atoms with Crippen LogP contribution in [0.5, 0.6) is 5.75 Å². The number of nitrogens with zero attached hydrogens (tertiary/aromatic N) is 2. The van der Waals surface area contributed by atoms with Gasteiger partial charge in [0.15, 0.2) is 0 Å². The van der Waals surface area contributed by atoms with E-state index >= 15 is 0 Å². The first-order valence-corrected chi connectivity index (χ1v) is 18.4. The van der Waals surface area contributed by atoms with Crippen LogP contribution >= 0.6 is 11.8 Å². The van der Waals surface area contributed by atoms with E-state index in [1.54, 1.807) is 48.5 Å². The van der Waals surface area contributed by atoms with Gasteiger partial charge in [0, 0.05) is 17.5 Å². The number of nitrogens with one attached hydrogen (secondary N) is 1. The molecule has 1 aliphatic rings. The molecule has 10 heteroatoms. The molecule has 45 heavy (non-hydrogen) atoms. The van der Waals surface area contributed by atoms with Crippen LogP contribution in [0.25, 0.3) is 0 Å². The van der Waals surface area contributed by atoms with E-state index in [9.17, 15) is 18.0 Å². The first-order chi connectivity index (χ1) is 21.7. The smallest absolute Gasteiger partial charge is 0.264 e. The van der Waals surface area contributed by atoms with Crippen LogP contribution < -0.4 is 14.4 Å². The summed E-state index contributed by atoms with van der Waals surface area (Å²) in [6, 6.07) is 20.5. The summed E-state index contributed by atoms with van der Waals surface area (Å²) in [5.41, 5.74) is 2.16. The van der Waals surface area contributed by atoms with Crippen LogP contribution in [0, 0.1) is 6.92 Å². The maximum absolute atomic E-state index is 14.5. The zero-order chi connectivity index (χ0) is 32.4. The number of para-hydroxylation sites is 2. The van der Waals surface area contributed by atoms with E-state index in [2.05, 4.69) is 5.32 Å². The maximum Gasteiger partial charge on any atom is 0.264 e. The van der Waals surface area contributed by atoms with E-state index in [1.807, 2.05) is 51.3 Å². The number of carbonyl (C=O) groups excluding carboxylic acids is 2. The summed E-state index contributed by atoms with van der Waals surface area (Å²) < 4.78 is 35.5. The molecule has 0 spiro atoms. The highest BCUT2D eigenvalue weighted by Crippen LogP contribution is 2.33. The lowest BCUT2D eigenvalue weighted by Crippen LogP contribution is -2.54. The number of rotatable bonds is 14. The Hall–Kier alpha value is -3.50. The van der Waals surface area contributed by atoms with Gasteiger partial charge < -0.3 is 15.0 Å². The van der Waals surface area contributed by atoms with Gasteiger partial charge in [-0.25, -0.2) is 8.42 Å². The second-order valence-corrected chi connectivity index (χ2v) is 14.1. The van der Waals surface area contributed by atoms with Crippen molar-refractivity contribution in [1.29, 1.82) is 0 Å². The molecule has 1 saturated carbocycles. The molecule has 0 aromatic heterocycles. The number of ether oxygens (including phenoxy) is 1. The standard InChI is InChI=1S/C35H45N3O5S2/c1-5-31(35(40)36-28-15-8-7-9-16-28)37(24-27-14-12-13-26(3)23-27)34(39)25-38(32-17-10-11-18-33(32)43-6-2)45(41,42)30-21-19-29(44-4)20-22-30/h10-14,17-23,28,31H,5-9,15-16,24-25H2,1-4H3,(H,36,40)/t31-/m1/s1. The largest absolute Gasteiger partial charge is 0.492 e. The highest BCUT2D eigenvalue weighted by atomic mass is 32.2. The molecule has 1 atom stereocenters. The molecule has 0 saturated heterocycles. The molecule has 1 aliphatic carbocycles. The third-order valence-electron chi connectivity index (χ3n) is 8.13. The molecular formula is C35H45N3O5S2. The van der Waals surface area contributed by atoms with Crippen LogP contribution in [0.2, 0.25) is 0 Å². The van der Waals surface area contributed by atoms with Crippen molar-refractivity contribution in [1.82, 2.24) is 10.2 Å². The second kappa shape index (κ2) is 16.2. The monoisotopic (exact) mass is 651 g/mol. The number of thioether (sulfide) groups is 1. The van der Waals surface area contributed by atoms with E-state index in [-0.39, 0.29) is 29.1 Å². The molecule has 2 amide bonds. The minimum atomic E-state index is -4.21. The summed E-state index contributed by atoms with van der Waals surface area (Å²) in [7, 11) is -4.21. The number of carbonyl (C=O) groups is 2. The number of aryl methyl sites for hydroxylation is 1. The topological polar surface area (TPSA) is 96.0 Å². The third-order valence-corrected chi connectivity index (χ3v) is 10.7. The molecule has 1 N–H and O–H groups in total. The van der Waals surface area contributed by atoms with Crippen molar-refractivity contribution in [3.63, 3.8) is 0 Å². The number of hydrogen-bond donors (Lipinski definition) is 1. The molecule has 242 valence electrons. The van der Waals surface area contributed by atoms with Gasteiger partial charge in [0.05, 0.1) is 17.2 Å². The number of hydrogen-bond acceptors (Lipinski definition) is 6. The van der Waals surface area contributed by atoms with Gasteiger partial charge in [-0.1, -0.05) is 68.1 Å². The van der Waals surface area contributed by atoms with Gasteiger partial charge in [-0.2, -0.15) is 0 Å². The molecule has 1 fully saturated rings. The first-order valence-electron chi connectivity index (χ1n) is 15.7. The van der Waals surface area contributed by atoms with E-state index < -0.39 is 28.5 Å². The Labute approximate surface area is 272 Å². The average molecular weight is 652 g/mol. The Morgan fingerprint density at radius 3 is 2.33 bits per heavy atom. The highest BCUT2D eigenvalue weighted by molar-refractivity contribution is 7.98. The Morgan fingerprint density at radius 2 is 1.69 bits per heavy atom.